The first-order valence-electron chi connectivity index (χ1n) is 9.28. The zero-order chi connectivity index (χ0) is 21.6. The Labute approximate surface area is 167 Å². The highest BCUT2D eigenvalue weighted by Crippen LogP contribution is 2.51. The minimum Gasteiger partial charge on any atom is -0.471 e. The van der Waals surface area contributed by atoms with E-state index >= 15 is 0 Å². The third-order valence-corrected chi connectivity index (χ3v) is 5.42. The second kappa shape index (κ2) is 7.20. The van der Waals surface area contributed by atoms with Gasteiger partial charge in [0.25, 0.3) is 5.92 Å². The van der Waals surface area contributed by atoms with E-state index in [1.54, 1.807) is 30.0 Å². The fourth-order valence-corrected chi connectivity index (χ4v) is 3.91. The van der Waals surface area contributed by atoms with Gasteiger partial charge in [-0.25, -0.2) is 13.8 Å². The molecule has 29 heavy (non-hydrogen) atoms. The van der Waals surface area contributed by atoms with Crippen molar-refractivity contribution in [2.75, 3.05) is 6.61 Å². The molecule has 3 atom stereocenters. The number of amidine groups is 1. The van der Waals surface area contributed by atoms with Crippen molar-refractivity contribution in [3.63, 3.8) is 0 Å². The van der Waals surface area contributed by atoms with Gasteiger partial charge in [-0.1, -0.05) is 12.2 Å². The largest absolute Gasteiger partial charge is 0.471 e. The average Bonchev–Trinajstić information content (AvgIpc) is 2.69. The van der Waals surface area contributed by atoms with Gasteiger partial charge in [0, 0.05) is 38.2 Å². The van der Waals surface area contributed by atoms with Crippen LogP contribution < -0.4 is 10.1 Å². The second-order valence-electron chi connectivity index (χ2n) is 7.79. The van der Waals surface area contributed by atoms with Crippen LogP contribution in [0.4, 0.5) is 8.78 Å². The molecule has 156 valence electrons. The highest BCUT2D eigenvalue weighted by atomic mass is 19.3. The van der Waals surface area contributed by atoms with E-state index in [0.29, 0.717) is 5.56 Å². The van der Waals surface area contributed by atoms with Crippen LogP contribution in [0.25, 0.3) is 0 Å². The van der Waals surface area contributed by atoms with Crippen LogP contribution >= 0.6 is 0 Å². The van der Waals surface area contributed by atoms with E-state index in [-0.39, 0.29) is 36.1 Å². The monoisotopic (exact) mass is 406 g/mol. The molecule has 1 saturated heterocycles. The summed E-state index contributed by atoms with van der Waals surface area (Å²) in [5.41, 5.74) is 0.467. The van der Waals surface area contributed by atoms with Crippen LogP contribution in [0, 0.1) is 23.7 Å². The van der Waals surface area contributed by atoms with Gasteiger partial charge in [0.15, 0.2) is 6.61 Å². The normalized spacial score (nSPS) is 25.4. The number of carbonyl (C=O) groups is 2. The molecule has 7 nitrogen and oxygen atoms in total. The molecule has 9 heteroatoms. The summed E-state index contributed by atoms with van der Waals surface area (Å²) >= 11 is 0. The topological polar surface area (TPSA) is 95.4 Å². The number of aromatic nitrogens is 1. The second-order valence-corrected chi connectivity index (χ2v) is 7.79. The molecule has 2 amide bonds. The zero-order valence-corrected chi connectivity index (χ0v) is 16.8. The Morgan fingerprint density at radius 3 is 2.69 bits per heavy atom. The first-order chi connectivity index (χ1) is 13.5. The summed E-state index contributed by atoms with van der Waals surface area (Å²) in [6.45, 7) is 5.14. The first kappa shape index (κ1) is 20.9. The maximum Gasteiger partial charge on any atom is 0.278 e. The van der Waals surface area contributed by atoms with Crippen LogP contribution in [0.2, 0.25) is 0 Å². The number of nitrogens with zero attached hydrogens (tertiary/aromatic N) is 2. The number of hydrogen-bond donors (Lipinski definition) is 2. The minimum absolute atomic E-state index is 0.0133. The number of hydrogen-bond acceptors (Lipinski definition) is 5. The molecule has 1 aliphatic carbocycles. The van der Waals surface area contributed by atoms with Crippen molar-refractivity contribution in [1.82, 2.24) is 15.2 Å². The van der Waals surface area contributed by atoms with Crippen molar-refractivity contribution < 1.29 is 23.1 Å². The lowest BCUT2D eigenvalue weighted by Crippen LogP contribution is -2.53. The molecule has 0 spiro atoms. The lowest BCUT2D eigenvalue weighted by Gasteiger charge is -2.40. The number of amides is 2. The summed E-state index contributed by atoms with van der Waals surface area (Å²) in [6, 6.07) is 1.41. The van der Waals surface area contributed by atoms with Gasteiger partial charge in [-0.3, -0.25) is 15.0 Å². The van der Waals surface area contributed by atoms with Crippen molar-refractivity contribution in [3.8, 4) is 5.88 Å². The quantitative estimate of drug-likeness (QED) is 0.431. The van der Waals surface area contributed by atoms with Gasteiger partial charge in [-0.15, -0.1) is 0 Å². The number of fused-ring (bicyclic) bond motifs is 1. The number of ether oxygens (including phenoxy) is 1. The standard InChI is InChI=1S/C20H24F2N4O3/c1-11-7-14(8-24-16(11)29-10-19(4,21)22)9-26-12(2)20(18(23)25-13(3)27)6-5-15(20)17(26)28/h5-8,12,15H,9-10H2,1-4H3,(H2,23,25,27)/t12?,15?,20-/m0/s1. The SMILES string of the molecule is CC(=O)NC(=N)[C@]12C=CC1C(=O)N(Cc1cnc(OCC(C)(F)F)c(C)c1)C2C. The zero-order valence-electron chi connectivity index (χ0n) is 16.8. The fourth-order valence-electron chi connectivity index (χ4n) is 3.91. The smallest absolute Gasteiger partial charge is 0.278 e. The highest BCUT2D eigenvalue weighted by molar-refractivity contribution is 6.06. The molecule has 1 fully saturated rings. The van der Waals surface area contributed by atoms with Crippen molar-refractivity contribution in [3.05, 3.63) is 35.5 Å². The predicted molar refractivity (Wildman–Crippen MR) is 102 cm³/mol. The van der Waals surface area contributed by atoms with Crippen LogP contribution in [0.5, 0.6) is 5.88 Å². The van der Waals surface area contributed by atoms with E-state index in [4.69, 9.17) is 10.1 Å². The molecule has 0 saturated carbocycles. The molecule has 1 aromatic rings. The molecular weight excluding hydrogens is 382 g/mol. The molecule has 0 radical (unpaired) electrons. The number of carbonyl (C=O) groups excluding carboxylic acids is 2. The van der Waals surface area contributed by atoms with E-state index in [1.807, 2.05) is 6.92 Å². The van der Waals surface area contributed by atoms with Crippen molar-refractivity contribution >= 4 is 17.6 Å². The molecule has 2 aliphatic rings. The van der Waals surface area contributed by atoms with E-state index in [9.17, 15) is 18.4 Å². The Morgan fingerprint density at radius 2 is 2.17 bits per heavy atom. The van der Waals surface area contributed by atoms with Crippen molar-refractivity contribution in [2.24, 2.45) is 11.3 Å². The van der Waals surface area contributed by atoms with Gasteiger partial charge in [0.2, 0.25) is 17.7 Å². The molecule has 0 bridgehead atoms. The molecule has 1 aromatic heterocycles. The van der Waals surface area contributed by atoms with E-state index in [0.717, 1.165) is 12.5 Å². The number of pyridine rings is 1. The summed E-state index contributed by atoms with van der Waals surface area (Å²) in [6.07, 6.45) is 5.04. The molecule has 2 N–H and O–H groups in total. The molecule has 0 aromatic carbocycles. The van der Waals surface area contributed by atoms with Crippen LogP contribution in [0.3, 0.4) is 0 Å². The van der Waals surface area contributed by atoms with Gasteiger partial charge in [-0.05, 0) is 25.5 Å². The summed E-state index contributed by atoms with van der Waals surface area (Å²) in [5.74, 6) is -3.78. The number of likely N-dealkylation sites (tertiary alicyclic amines) is 1. The van der Waals surface area contributed by atoms with Crippen molar-refractivity contribution in [2.45, 2.75) is 46.2 Å². The number of aryl methyl sites for hydroxylation is 1. The maximum absolute atomic E-state index is 13.0. The Bertz CT molecular complexity index is 896. The third kappa shape index (κ3) is 3.73. The first-order valence-corrected chi connectivity index (χ1v) is 9.28. The van der Waals surface area contributed by atoms with Gasteiger partial charge < -0.3 is 15.0 Å². The van der Waals surface area contributed by atoms with Gasteiger partial charge in [0.1, 0.15) is 5.84 Å². The van der Waals surface area contributed by atoms with Gasteiger partial charge in [-0.2, -0.15) is 0 Å². The number of halogens is 2. The fraction of sp³-hybridized carbons (Fsp3) is 0.500. The van der Waals surface area contributed by atoms with Crippen LogP contribution in [-0.4, -0.2) is 46.1 Å². The van der Waals surface area contributed by atoms with Crippen LogP contribution in [0.1, 0.15) is 31.9 Å². The number of rotatable bonds is 6. The Balaban J connectivity index is 1.76. The van der Waals surface area contributed by atoms with E-state index < -0.39 is 23.9 Å². The number of alkyl halides is 2. The summed E-state index contributed by atoms with van der Waals surface area (Å²) in [7, 11) is 0. The van der Waals surface area contributed by atoms with Crippen molar-refractivity contribution in [1.29, 1.82) is 5.41 Å². The molecule has 2 heterocycles. The highest BCUT2D eigenvalue weighted by Gasteiger charge is 2.61. The molecule has 2 unspecified atom stereocenters. The Hall–Kier alpha value is -2.84. The summed E-state index contributed by atoms with van der Waals surface area (Å²) in [5, 5.41) is 10.8. The minimum atomic E-state index is -2.96. The molecule has 3 rings (SSSR count). The lowest BCUT2D eigenvalue weighted by molar-refractivity contribution is -0.131. The Morgan fingerprint density at radius 1 is 1.48 bits per heavy atom. The third-order valence-electron chi connectivity index (χ3n) is 5.42. The average molecular weight is 406 g/mol. The molecule has 1 aliphatic heterocycles. The van der Waals surface area contributed by atoms with E-state index in [1.165, 1.54) is 13.1 Å². The Kier molecular flexibility index (Phi) is 5.19. The maximum atomic E-state index is 13.0. The number of nitrogens with one attached hydrogen (secondary N) is 2. The van der Waals surface area contributed by atoms with Gasteiger partial charge >= 0.3 is 0 Å². The summed E-state index contributed by atoms with van der Waals surface area (Å²) < 4.78 is 31.1. The predicted octanol–water partition coefficient (Wildman–Crippen LogP) is 2.44. The molecular formula is C20H24F2N4O3. The summed E-state index contributed by atoms with van der Waals surface area (Å²) in [4.78, 5) is 30.0. The van der Waals surface area contributed by atoms with Crippen LogP contribution in [0.15, 0.2) is 24.4 Å². The lowest BCUT2D eigenvalue weighted by atomic mass is 9.64. The van der Waals surface area contributed by atoms with E-state index in [2.05, 4.69) is 10.3 Å². The van der Waals surface area contributed by atoms with Crippen LogP contribution in [-0.2, 0) is 16.1 Å². The van der Waals surface area contributed by atoms with Gasteiger partial charge in [0.05, 0.1) is 11.3 Å².